The topological polar surface area (TPSA) is 35.5 Å². The van der Waals surface area contributed by atoms with Gasteiger partial charge in [-0.1, -0.05) is 6.08 Å². The lowest BCUT2D eigenvalue weighted by molar-refractivity contribution is -0.142. The molecule has 0 fully saturated rings. The highest BCUT2D eigenvalue weighted by atomic mass is 16.5. The van der Waals surface area contributed by atoms with E-state index in [1.165, 1.54) is 7.11 Å². The van der Waals surface area contributed by atoms with Crippen molar-refractivity contribution in [1.29, 1.82) is 0 Å². The number of esters is 1. The fraction of sp³-hybridized carbons (Fsp3) is 0.700. The molecule has 0 aliphatic rings. The highest BCUT2D eigenvalue weighted by molar-refractivity contribution is 5.69. The van der Waals surface area contributed by atoms with Gasteiger partial charge in [0, 0.05) is 13.5 Å². The van der Waals surface area contributed by atoms with Gasteiger partial charge in [0.1, 0.15) is 0 Å². The summed E-state index contributed by atoms with van der Waals surface area (Å²) in [7, 11) is 3.03. The largest absolute Gasteiger partial charge is 0.469 e. The first-order chi connectivity index (χ1) is 6.08. The molecule has 0 aliphatic carbocycles. The predicted molar refractivity (Wildman–Crippen MR) is 51.5 cm³/mol. The number of hydrogen-bond acceptors (Lipinski definition) is 3. The highest BCUT2D eigenvalue weighted by Gasteiger charge is 2.22. The Morgan fingerprint density at radius 2 is 2.15 bits per heavy atom. The molecule has 0 rings (SSSR count). The van der Waals surface area contributed by atoms with Gasteiger partial charge in [-0.15, -0.1) is 6.58 Å². The van der Waals surface area contributed by atoms with Crippen molar-refractivity contribution in [2.45, 2.75) is 31.8 Å². The van der Waals surface area contributed by atoms with E-state index < -0.39 is 0 Å². The lowest BCUT2D eigenvalue weighted by atomic mass is 9.96. The molecule has 0 saturated heterocycles. The summed E-state index contributed by atoms with van der Waals surface area (Å²) in [5.41, 5.74) is -0.296. The smallest absolute Gasteiger partial charge is 0.305 e. The van der Waals surface area contributed by atoms with E-state index in [9.17, 15) is 4.79 Å². The normalized spacial score (nSPS) is 14.7. The van der Waals surface area contributed by atoms with E-state index in [2.05, 4.69) is 11.3 Å². The number of hydrogen-bond donors (Lipinski definition) is 0. The molecule has 0 aromatic rings. The van der Waals surface area contributed by atoms with Gasteiger partial charge in [-0.25, -0.2) is 0 Å². The Kier molecular flexibility index (Phi) is 5.39. The Bertz CT molecular complexity index is 177. The van der Waals surface area contributed by atoms with Crippen LogP contribution in [-0.4, -0.2) is 25.8 Å². The van der Waals surface area contributed by atoms with Gasteiger partial charge in [0.2, 0.25) is 0 Å². The molecule has 0 heterocycles. The predicted octanol–water partition coefficient (Wildman–Crippen LogP) is 1.92. The van der Waals surface area contributed by atoms with Crippen molar-refractivity contribution >= 4 is 5.97 Å². The molecule has 0 aromatic heterocycles. The molecule has 0 spiro atoms. The zero-order valence-corrected chi connectivity index (χ0v) is 8.63. The van der Waals surface area contributed by atoms with Crippen LogP contribution in [0.2, 0.25) is 0 Å². The second-order valence-corrected chi connectivity index (χ2v) is 3.22. The maximum atomic E-state index is 10.9. The maximum absolute atomic E-state index is 10.9. The average Bonchev–Trinajstić information content (AvgIpc) is 2.15. The fourth-order valence-corrected chi connectivity index (χ4v) is 1.06. The van der Waals surface area contributed by atoms with Gasteiger partial charge in [-0.2, -0.15) is 0 Å². The van der Waals surface area contributed by atoms with Crippen molar-refractivity contribution in [2.75, 3.05) is 14.2 Å². The molecule has 0 bridgehead atoms. The molecule has 1 unspecified atom stereocenters. The van der Waals surface area contributed by atoms with Crippen LogP contribution in [0.3, 0.4) is 0 Å². The van der Waals surface area contributed by atoms with E-state index in [-0.39, 0.29) is 11.6 Å². The molecule has 0 aromatic carbocycles. The van der Waals surface area contributed by atoms with Crippen molar-refractivity contribution in [3.05, 3.63) is 12.7 Å². The van der Waals surface area contributed by atoms with Crippen LogP contribution >= 0.6 is 0 Å². The first-order valence-corrected chi connectivity index (χ1v) is 4.31. The van der Waals surface area contributed by atoms with Gasteiger partial charge < -0.3 is 9.47 Å². The molecule has 3 nitrogen and oxygen atoms in total. The van der Waals surface area contributed by atoms with E-state index in [0.717, 1.165) is 6.42 Å². The standard InChI is InChI=1S/C10H18O3/c1-5-7-10(2,13-4)8-6-9(11)12-3/h5H,1,6-8H2,2-4H3. The van der Waals surface area contributed by atoms with Crippen LogP contribution in [-0.2, 0) is 14.3 Å². The van der Waals surface area contributed by atoms with E-state index in [4.69, 9.17) is 4.74 Å². The van der Waals surface area contributed by atoms with Crippen LogP contribution in [0.4, 0.5) is 0 Å². The molecule has 0 radical (unpaired) electrons. The average molecular weight is 186 g/mol. The molecule has 0 amide bonds. The van der Waals surface area contributed by atoms with Crippen molar-refractivity contribution in [1.82, 2.24) is 0 Å². The molecule has 0 aliphatic heterocycles. The van der Waals surface area contributed by atoms with Gasteiger partial charge in [-0.05, 0) is 19.8 Å². The minimum Gasteiger partial charge on any atom is -0.469 e. The summed E-state index contributed by atoms with van der Waals surface area (Å²) < 4.78 is 9.84. The second-order valence-electron chi connectivity index (χ2n) is 3.22. The Hall–Kier alpha value is -0.830. The van der Waals surface area contributed by atoms with Crippen molar-refractivity contribution < 1.29 is 14.3 Å². The number of methoxy groups -OCH3 is 2. The molecule has 13 heavy (non-hydrogen) atoms. The number of rotatable bonds is 6. The molecule has 0 N–H and O–H groups in total. The van der Waals surface area contributed by atoms with Gasteiger partial charge in [0.25, 0.3) is 0 Å². The molecular weight excluding hydrogens is 168 g/mol. The van der Waals surface area contributed by atoms with Crippen molar-refractivity contribution in [2.24, 2.45) is 0 Å². The second kappa shape index (κ2) is 5.75. The first kappa shape index (κ1) is 12.2. The number of ether oxygens (including phenoxy) is 2. The summed E-state index contributed by atoms with van der Waals surface area (Å²) in [5, 5.41) is 0. The summed E-state index contributed by atoms with van der Waals surface area (Å²) in [5.74, 6) is -0.202. The van der Waals surface area contributed by atoms with Crippen LogP contribution in [0.15, 0.2) is 12.7 Å². The van der Waals surface area contributed by atoms with E-state index in [0.29, 0.717) is 12.8 Å². The van der Waals surface area contributed by atoms with Crippen molar-refractivity contribution in [3.63, 3.8) is 0 Å². The van der Waals surface area contributed by atoms with Crippen LogP contribution in [0.5, 0.6) is 0 Å². The molecule has 0 saturated carbocycles. The van der Waals surface area contributed by atoms with E-state index in [1.54, 1.807) is 13.2 Å². The molecule has 76 valence electrons. The first-order valence-electron chi connectivity index (χ1n) is 4.31. The van der Waals surface area contributed by atoms with Crippen molar-refractivity contribution in [3.8, 4) is 0 Å². The van der Waals surface area contributed by atoms with E-state index in [1.807, 2.05) is 6.92 Å². The third-order valence-electron chi connectivity index (χ3n) is 2.15. The quantitative estimate of drug-likeness (QED) is 0.469. The van der Waals surface area contributed by atoms with Crippen LogP contribution < -0.4 is 0 Å². The van der Waals surface area contributed by atoms with Gasteiger partial charge in [0.15, 0.2) is 0 Å². The number of carbonyl (C=O) groups is 1. The minimum absolute atomic E-state index is 0.202. The van der Waals surface area contributed by atoms with E-state index >= 15 is 0 Å². The third kappa shape index (κ3) is 4.68. The van der Waals surface area contributed by atoms with Crippen LogP contribution in [0, 0.1) is 0 Å². The highest BCUT2D eigenvalue weighted by Crippen LogP contribution is 2.21. The lowest BCUT2D eigenvalue weighted by Gasteiger charge is -2.26. The summed E-state index contributed by atoms with van der Waals surface area (Å²) in [6.45, 7) is 5.60. The molecule has 3 heteroatoms. The Balaban J connectivity index is 3.96. The summed E-state index contributed by atoms with van der Waals surface area (Å²) in [4.78, 5) is 10.9. The molecular formula is C10H18O3. The zero-order valence-electron chi connectivity index (χ0n) is 8.63. The lowest BCUT2D eigenvalue weighted by Crippen LogP contribution is -2.27. The Morgan fingerprint density at radius 3 is 2.54 bits per heavy atom. The van der Waals surface area contributed by atoms with Gasteiger partial charge >= 0.3 is 5.97 Å². The third-order valence-corrected chi connectivity index (χ3v) is 2.15. The Morgan fingerprint density at radius 1 is 1.54 bits per heavy atom. The fourth-order valence-electron chi connectivity index (χ4n) is 1.06. The summed E-state index contributed by atoms with van der Waals surface area (Å²) >= 11 is 0. The Labute approximate surface area is 79.7 Å². The van der Waals surface area contributed by atoms with Gasteiger partial charge in [0.05, 0.1) is 12.7 Å². The SMILES string of the molecule is C=CCC(C)(CCC(=O)OC)OC. The van der Waals surface area contributed by atoms with Crippen LogP contribution in [0.25, 0.3) is 0 Å². The maximum Gasteiger partial charge on any atom is 0.305 e. The zero-order chi connectivity index (χ0) is 10.3. The minimum atomic E-state index is -0.296. The van der Waals surface area contributed by atoms with Gasteiger partial charge in [-0.3, -0.25) is 4.79 Å². The monoisotopic (exact) mass is 186 g/mol. The summed E-state index contributed by atoms with van der Waals surface area (Å²) in [6.07, 6.45) is 3.57. The molecule has 1 atom stereocenters. The number of carbonyl (C=O) groups excluding carboxylic acids is 1. The summed E-state index contributed by atoms with van der Waals surface area (Å²) in [6, 6.07) is 0. The van der Waals surface area contributed by atoms with Crippen LogP contribution in [0.1, 0.15) is 26.2 Å².